The Morgan fingerprint density at radius 2 is 1.04 bits per heavy atom. The van der Waals surface area contributed by atoms with Gasteiger partial charge in [0.05, 0.1) is 0 Å². The lowest BCUT2D eigenvalue weighted by molar-refractivity contribution is 1.63. The fraction of sp³-hybridized carbons (Fsp3) is 0. The molecule has 2 heteroatoms. The zero-order valence-corrected chi connectivity index (χ0v) is 13.1. The summed E-state index contributed by atoms with van der Waals surface area (Å²) in [4.78, 5) is 0. The number of hydrogen-bond donors (Lipinski definition) is 2. The molecule has 0 aromatic heterocycles. The third-order valence-corrected chi connectivity index (χ3v) is 4.93. The summed E-state index contributed by atoms with van der Waals surface area (Å²) in [6.45, 7) is 0. The van der Waals surface area contributed by atoms with Crippen LogP contribution in [-0.4, -0.2) is 0 Å². The van der Waals surface area contributed by atoms with Gasteiger partial charge in [-0.15, -0.1) is 0 Å². The van der Waals surface area contributed by atoms with Crippen LogP contribution in [0.5, 0.6) is 0 Å². The van der Waals surface area contributed by atoms with Crippen molar-refractivity contribution in [1.82, 2.24) is 0 Å². The zero-order valence-electron chi connectivity index (χ0n) is 13.1. The van der Waals surface area contributed by atoms with Crippen LogP contribution in [0.1, 0.15) is 0 Å². The van der Waals surface area contributed by atoms with E-state index in [2.05, 4.69) is 54.6 Å². The molecule has 4 N–H and O–H groups in total. The van der Waals surface area contributed by atoms with E-state index in [9.17, 15) is 0 Å². The number of anilines is 2. The predicted molar refractivity (Wildman–Crippen MR) is 104 cm³/mol. The van der Waals surface area contributed by atoms with Crippen molar-refractivity contribution in [3.8, 4) is 11.1 Å². The van der Waals surface area contributed by atoms with Gasteiger partial charge in [0.25, 0.3) is 0 Å². The van der Waals surface area contributed by atoms with Gasteiger partial charge >= 0.3 is 0 Å². The average Bonchev–Trinajstić information content (AvgIpc) is 2.60. The molecule has 5 rings (SSSR count). The normalized spacial score (nSPS) is 11.7. The summed E-state index contributed by atoms with van der Waals surface area (Å²) in [5.74, 6) is 0. The van der Waals surface area contributed by atoms with Gasteiger partial charge in [0.2, 0.25) is 0 Å². The SMILES string of the molecule is Nc1cccc(N)c1-c1ccc2ccc3cccc4ccc1c2c34. The van der Waals surface area contributed by atoms with E-state index in [-0.39, 0.29) is 0 Å². The zero-order chi connectivity index (χ0) is 16.3. The molecule has 5 aromatic carbocycles. The Morgan fingerprint density at radius 3 is 1.75 bits per heavy atom. The van der Waals surface area contributed by atoms with E-state index in [1.165, 1.54) is 32.3 Å². The number of nitrogens with two attached hydrogens (primary N) is 2. The first-order chi connectivity index (χ1) is 11.7. The monoisotopic (exact) mass is 308 g/mol. The topological polar surface area (TPSA) is 52.0 Å². The van der Waals surface area contributed by atoms with Crippen molar-refractivity contribution in [3.63, 3.8) is 0 Å². The van der Waals surface area contributed by atoms with Crippen molar-refractivity contribution in [2.24, 2.45) is 0 Å². The molecule has 0 heterocycles. The third-order valence-electron chi connectivity index (χ3n) is 4.93. The first-order valence-electron chi connectivity index (χ1n) is 8.05. The summed E-state index contributed by atoms with van der Waals surface area (Å²) in [5.41, 5.74) is 15.9. The van der Waals surface area contributed by atoms with Crippen LogP contribution in [-0.2, 0) is 0 Å². The summed E-state index contributed by atoms with van der Waals surface area (Å²) in [6.07, 6.45) is 0. The molecule has 0 aliphatic carbocycles. The molecule has 114 valence electrons. The number of rotatable bonds is 1. The summed E-state index contributed by atoms with van der Waals surface area (Å²) in [6, 6.07) is 25.2. The molecule has 0 radical (unpaired) electrons. The van der Waals surface area contributed by atoms with Crippen molar-refractivity contribution in [3.05, 3.63) is 72.8 Å². The molecule has 0 amide bonds. The fourth-order valence-electron chi connectivity index (χ4n) is 3.85. The first kappa shape index (κ1) is 13.2. The molecular formula is C22H16N2. The standard InChI is InChI=1S/C22H16N2/c23-18-5-2-6-19(24)22(18)17-12-10-15-8-7-13-3-1-4-14-9-11-16(17)21(15)20(13)14/h1-12H,23-24H2. The molecule has 0 aliphatic rings. The van der Waals surface area contributed by atoms with Gasteiger partial charge in [-0.25, -0.2) is 0 Å². The first-order valence-corrected chi connectivity index (χ1v) is 8.05. The Balaban J connectivity index is 2.02. The summed E-state index contributed by atoms with van der Waals surface area (Å²) in [5, 5.41) is 7.55. The van der Waals surface area contributed by atoms with Gasteiger partial charge in [0, 0.05) is 16.9 Å². The van der Waals surface area contributed by atoms with Crippen LogP contribution >= 0.6 is 0 Å². The van der Waals surface area contributed by atoms with Crippen molar-refractivity contribution < 1.29 is 0 Å². The number of hydrogen-bond acceptors (Lipinski definition) is 2. The van der Waals surface area contributed by atoms with E-state index in [1.807, 2.05) is 18.2 Å². The van der Waals surface area contributed by atoms with Gasteiger partial charge in [-0.2, -0.15) is 0 Å². The molecule has 0 atom stereocenters. The molecule has 5 aromatic rings. The highest BCUT2D eigenvalue weighted by atomic mass is 14.6. The average molecular weight is 308 g/mol. The third kappa shape index (κ3) is 1.65. The van der Waals surface area contributed by atoms with Crippen LogP contribution in [0.15, 0.2) is 72.8 Å². The Labute approximate surface area is 139 Å². The van der Waals surface area contributed by atoms with Crippen LogP contribution in [0.4, 0.5) is 11.4 Å². The second kappa shape index (κ2) is 4.62. The maximum absolute atomic E-state index is 6.25. The van der Waals surface area contributed by atoms with E-state index in [0.29, 0.717) is 11.4 Å². The van der Waals surface area contributed by atoms with Crippen molar-refractivity contribution in [2.45, 2.75) is 0 Å². The van der Waals surface area contributed by atoms with Crippen LogP contribution in [0, 0.1) is 0 Å². The van der Waals surface area contributed by atoms with Crippen LogP contribution in [0.2, 0.25) is 0 Å². The van der Waals surface area contributed by atoms with Gasteiger partial charge in [0.15, 0.2) is 0 Å². The molecule has 0 bridgehead atoms. The Kier molecular flexibility index (Phi) is 2.54. The molecule has 0 unspecified atom stereocenters. The quantitative estimate of drug-likeness (QED) is 0.321. The van der Waals surface area contributed by atoms with Crippen molar-refractivity contribution in [1.29, 1.82) is 0 Å². The highest BCUT2D eigenvalue weighted by Gasteiger charge is 2.14. The number of nitrogen functional groups attached to an aromatic ring is 2. The maximum atomic E-state index is 6.25. The Hall–Kier alpha value is -3.26. The highest BCUT2D eigenvalue weighted by molar-refractivity contribution is 6.26. The molecule has 0 aliphatic heterocycles. The number of benzene rings is 5. The Morgan fingerprint density at radius 1 is 0.500 bits per heavy atom. The molecule has 0 saturated carbocycles. The van der Waals surface area contributed by atoms with E-state index in [4.69, 9.17) is 11.5 Å². The van der Waals surface area contributed by atoms with Crippen LogP contribution < -0.4 is 11.5 Å². The van der Waals surface area contributed by atoms with Gasteiger partial charge < -0.3 is 11.5 Å². The summed E-state index contributed by atoms with van der Waals surface area (Å²) < 4.78 is 0. The lowest BCUT2D eigenvalue weighted by atomic mass is 9.89. The second-order valence-corrected chi connectivity index (χ2v) is 6.28. The van der Waals surface area contributed by atoms with Gasteiger partial charge in [-0.3, -0.25) is 0 Å². The van der Waals surface area contributed by atoms with Crippen LogP contribution in [0.25, 0.3) is 43.4 Å². The van der Waals surface area contributed by atoms with E-state index in [1.54, 1.807) is 0 Å². The minimum atomic E-state index is 0.713. The largest absolute Gasteiger partial charge is 0.398 e. The summed E-state index contributed by atoms with van der Waals surface area (Å²) in [7, 11) is 0. The Bertz CT molecular complexity index is 1190. The maximum Gasteiger partial charge on any atom is 0.0414 e. The smallest absolute Gasteiger partial charge is 0.0414 e. The van der Waals surface area contributed by atoms with Gasteiger partial charge in [-0.1, -0.05) is 60.7 Å². The van der Waals surface area contributed by atoms with Gasteiger partial charge in [0.1, 0.15) is 0 Å². The molecular weight excluding hydrogens is 292 g/mol. The predicted octanol–water partition coefficient (Wildman–Crippen LogP) is 5.42. The molecule has 0 fully saturated rings. The molecule has 24 heavy (non-hydrogen) atoms. The summed E-state index contributed by atoms with van der Waals surface area (Å²) >= 11 is 0. The molecule has 2 nitrogen and oxygen atoms in total. The van der Waals surface area contributed by atoms with Gasteiger partial charge in [-0.05, 0) is 50.0 Å². The molecule has 0 spiro atoms. The lowest BCUT2D eigenvalue weighted by Crippen LogP contribution is -1.97. The van der Waals surface area contributed by atoms with Crippen molar-refractivity contribution in [2.75, 3.05) is 11.5 Å². The second-order valence-electron chi connectivity index (χ2n) is 6.28. The lowest BCUT2D eigenvalue weighted by Gasteiger charge is -2.16. The van der Waals surface area contributed by atoms with Crippen molar-refractivity contribution >= 4 is 43.7 Å². The van der Waals surface area contributed by atoms with E-state index in [0.717, 1.165) is 11.1 Å². The molecule has 0 saturated heterocycles. The minimum absolute atomic E-state index is 0.713. The fourth-order valence-corrected chi connectivity index (χ4v) is 3.85. The van der Waals surface area contributed by atoms with E-state index < -0.39 is 0 Å². The highest BCUT2D eigenvalue weighted by Crippen LogP contribution is 2.42. The van der Waals surface area contributed by atoms with E-state index >= 15 is 0 Å². The minimum Gasteiger partial charge on any atom is -0.398 e. The van der Waals surface area contributed by atoms with Crippen LogP contribution in [0.3, 0.4) is 0 Å².